The van der Waals surface area contributed by atoms with Crippen molar-refractivity contribution >= 4 is 11.5 Å². The van der Waals surface area contributed by atoms with Gasteiger partial charge in [-0.05, 0) is 37.6 Å². The summed E-state index contributed by atoms with van der Waals surface area (Å²) in [6, 6.07) is 18.0. The molecule has 2 aromatic carbocycles. The van der Waals surface area contributed by atoms with Crippen molar-refractivity contribution in [1.82, 2.24) is 9.78 Å². The Morgan fingerprint density at radius 3 is 2.52 bits per heavy atom. The third kappa shape index (κ3) is 3.20. The Kier molecular flexibility index (Phi) is 4.71. The van der Waals surface area contributed by atoms with Crippen molar-refractivity contribution in [1.29, 1.82) is 5.26 Å². The molecule has 0 saturated carbocycles. The van der Waals surface area contributed by atoms with E-state index in [1.54, 1.807) is 11.8 Å². The maximum absolute atomic E-state index is 9.66. The topological polar surface area (TPSA) is 62.9 Å². The van der Waals surface area contributed by atoms with E-state index in [2.05, 4.69) is 16.5 Å². The Morgan fingerprint density at radius 2 is 1.88 bits per heavy atom. The van der Waals surface area contributed by atoms with E-state index in [1.807, 2.05) is 62.4 Å². The molecule has 0 aliphatic heterocycles. The number of hydrogen-bond donors (Lipinski definition) is 1. The van der Waals surface area contributed by atoms with Crippen LogP contribution < -0.4 is 10.1 Å². The SMILES string of the molecule is CCc1nn(-c2ccccc2OC)c(Nc2ccc(C)cc2)c1C#N. The summed E-state index contributed by atoms with van der Waals surface area (Å²) in [7, 11) is 1.63. The highest BCUT2D eigenvalue weighted by atomic mass is 16.5. The van der Waals surface area contributed by atoms with Crippen molar-refractivity contribution in [2.75, 3.05) is 12.4 Å². The van der Waals surface area contributed by atoms with Crippen LogP contribution in [0.15, 0.2) is 48.5 Å². The van der Waals surface area contributed by atoms with Crippen LogP contribution >= 0.6 is 0 Å². The van der Waals surface area contributed by atoms with Crippen molar-refractivity contribution in [3.05, 3.63) is 65.4 Å². The van der Waals surface area contributed by atoms with Crippen molar-refractivity contribution in [2.24, 2.45) is 0 Å². The van der Waals surface area contributed by atoms with Gasteiger partial charge in [0.1, 0.15) is 23.1 Å². The normalized spacial score (nSPS) is 10.3. The van der Waals surface area contributed by atoms with Crippen LogP contribution in [0.4, 0.5) is 11.5 Å². The molecule has 0 radical (unpaired) electrons. The van der Waals surface area contributed by atoms with Gasteiger partial charge in [0.2, 0.25) is 0 Å². The highest BCUT2D eigenvalue weighted by molar-refractivity contribution is 5.68. The van der Waals surface area contributed by atoms with Gasteiger partial charge >= 0.3 is 0 Å². The molecule has 126 valence electrons. The van der Waals surface area contributed by atoms with Crippen LogP contribution in [0, 0.1) is 18.3 Å². The molecular formula is C20H20N4O. The Balaban J connectivity index is 2.16. The molecule has 0 saturated heterocycles. The third-order valence-electron chi connectivity index (χ3n) is 4.03. The lowest BCUT2D eigenvalue weighted by atomic mass is 10.2. The second-order valence-corrected chi connectivity index (χ2v) is 5.71. The fraction of sp³-hybridized carbons (Fsp3) is 0.200. The van der Waals surface area contributed by atoms with E-state index in [0.717, 1.165) is 17.1 Å². The Hall–Kier alpha value is -3.26. The number of nitrogens with one attached hydrogen (secondary N) is 1. The fourth-order valence-corrected chi connectivity index (χ4v) is 2.70. The standard InChI is InChI=1S/C20H20N4O/c1-4-17-16(13-21)20(22-15-11-9-14(2)10-12-15)24(23-17)18-7-5-6-8-19(18)25-3/h5-12,22H,4H2,1-3H3. The molecule has 1 aromatic heterocycles. The lowest BCUT2D eigenvalue weighted by Gasteiger charge is -2.13. The Labute approximate surface area is 147 Å². The number of benzene rings is 2. The number of ether oxygens (including phenoxy) is 1. The average molecular weight is 332 g/mol. The minimum absolute atomic E-state index is 0.550. The monoisotopic (exact) mass is 332 g/mol. The van der Waals surface area contributed by atoms with Gasteiger partial charge < -0.3 is 10.1 Å². The van der Waals surface area contributed by atoms with Gasteiger partial charge in [0, 0.05) is 5.69 Å². The Bertz CT molecular complexity index is 920. The number of nitriles is 1. The first-order valence-electron chi connectivity index (χ1n) is 8.17. The zero-order valence-electron chi connectivity index (χ0n) is 14.6. The second kappa shape index (κ2) is 7.10. The molecule has 0 atom stereocenters. The molecule has 1 heterocycles. The molecule has 5 nitrogen and oxygen atoms in total. The molecule has 3 rings (SSSR count). The van der Waals surface area contributed by atoms with Crippen molar-refractivity contribution < 1.29 is 4.74 Å². The van der Waals surface area contributed by atoms with E-state index in [4.69, 9.17) is 4.74 Å². The van der Waals surface area contributed by atoms with Gasteiger partial charge in [-0.2, -0.15) is 10.4 Å². The smallest absolute Gasteiger partial charge is 0.152 e. The zero-order chi connectivity index (χ0) is 17.8. The third-order valence-corrected chi connectivity index (χ3v) is 4.03. The van der Waals surface area contributed by atoms with Gasteiger partial charge in [-0.15, -0.1) is 0 Å². The average Bonchev–Trinajstić information content (AvgIpc) is 3.00. The van der Waals surface area contributed by atoms with Crippen LogP contribution in [0.3, 0.4) is 0 Å². The maximum atomic E-state index is 9.66. The predicted molar refractivity (Wildman–Crippen MR) is 98.7 cm³/mol. The summed E-state index contributed by atoms with van der Waals surface area (Å²) in [6.07, 6.45) is 0.674. The summed E-state index contributed by atoms with van der Waals surface area (Å²) in [5.41, 5.74) is 4.17. The fourth-order valence-electron chi connectivity index (χ4n) is 2.70. The second-order valence-electron chi connectivity index (χ2n) is 5.71. The molecule has 0 bridgehead atoms. The summed E-state index contributed by atoms with van der Waals surface area (Å²) < 4.78 is 7.21. The molecular weight excluding hydrogens is 312 g/mol. The molecule has 0 aliphatic rings. The number of nitrogens with zero attached hydrogens (tertiary/aromatic N) is 3. The van der Waals surface area contributed by atoms with E-state index in [0.29, 0.717) is 23.6 Å². The summed E-state index contributed by atoms with van der Waals surface area (Å²) in [4.78, 5) is 0. The first-order valence-corrected chi connectivity index (χ1v) is 8.17. The number of para-hydroxylation sites is 2. The molecule has 3 aromatic rings. The van der Waals surface area contributed by atoms with Gasteiger partial charge in [0.05, 0.1) is 12.8 Å². The van der Waals surface area contributed by atoms with Crippen LogP contribution in [-0.4, -0.2) is 16.9 Å². The zero-order valence-corrected chi connectivity index (χ0v) is 14.6. The van der Waals surface area contributed by atoms with Crippen molar-refractivity contribution in [3.63, 3.8) is 0 Å². The van der Waals surface area contributed by atoms with Crippen LogP contribution in [0.1, 0.15) is 23.7 Å². The van der Waals surface area contributed by atoms with Gasteiger partial charge in [-0.3, -0.25) is 0 Å². The van der Waals surface area contributed by atoms with Crippen LogP contribution in [-0.2, 0) is 6.42 Å². The van der Waals surface area contributed by atoms with Crippen molar-refractivity contribution in [2.45, 2.75) is 20.3 Å². The van der Waals surface area contributed by atoms with E-state index in [1.165, 1.54) is 5.56 Å². The lowest BCUT2D eigenvalue weighted by Crippen LogP contribution is -2.05. The van der Waals surface area contributed by atoms with E-state index in [-0.39, 0.29) is 0 Å². The summed E-state index contributed by atoms with van der Waals surface area (Å²) in [5, 5.41) is 17.7. The number of hydrogen-bond acceptors (Lipinski definition) is 4. The van der Waals surface area contributed by atoms with E-state index in [9.17, 15) is 5.26 Å². The first-order chi connectivity index (χ1) is 12.2. The molecule has 0 fully saturated rings. The number of rotatable bonds is 5. The molecule has 25 heavy (non-hydrogen) atoms. The number of methoxy groups -OCH3 is 1. The van der Waals surface area contributed by atoms with Gasteiger partial charge in [0.15, 0.2) is 5.82 Å². The Morgan fingerprint density at radius 1 is 1.16 bits per heavy atom. The van der Waals surface area contributed by atoms with Gasteiger partial charge in [-0.25, -0.2) is 4.68 Å². The predicted octanol–water partition coefficient (Wildman–Crippen LogP) is 4.37. The van der Waals surface area contributed by atoms with Gasteiger partial charge in [-0.1, -0.05) is 36.8 Å². The van der Waals surface area contributed by atoms with E-state index < -0.39 is 0 Å². The van der Waals surface area contributed by atoms with Crippen LogP contribution in [0.2, 0.25) is 0 Å². The first kappa shape index (κ1) is 16.6. The molecule has 0 aliphatic carbocycles. The van der Waals surface area contributed by atoms with Gasteiger partial charge in [0.25, 0.3) is 0 Å². The molecule has 0 unspecified atom stereocenters. The number of anilines is 2. The quantitative estimate of drug-likeness (QED) is 0.754. The minimum Gasteiger partial charge on any atom is -0.494 e. The molecule has 0 amide bonds. The number of aryl methyl sites for hydroxylation is 2. The minimum atomic E-state index is 0.550. The highest BCUT2D eigenvalue weighted by Gasteiger charge is 2.20. The van der Waals surface area contributed by atoms with Crippen LogP contribution in [0.25, 0.3) is 5.69 Å². The molecule has 5 heteroatoms. The maximum Gasteiger partial charge on any atom is 0.152 e. The number of aromatic nitrogens is 2. The summed E-state index contributed by atoms with van der Waals surface area (Å²) in [5.74, 6) is 1.34. The summed E-state index contributed by atoms with van der Waals surface area (Å²) >= 11 is 0. The lowest BCUT2D eigenvalue weighted by molar-refractivity contribution is 0.412. The van der Waals surface area contributed by atoms with E-state index >= 15 is 0 Å². The molecule has 0 spiro atoms. The molecule has 1 N–H and O–H groups in total. The highest BCUT2D eigenvalue weighted by Crippen LogP contribution is 2.31. The van der Waals surface area contributed by atoms with Crippen LogP contribution in [0.5, 0.6) is 5.75 Å². The summed E-state index contributed by atoms with van der Waals surface area (Å²) in [6.45, 7) is 4.03. The van der Waals surface area contributed by atoms with Crippen molar-refractivity contribution in [3.8, 4) is 17.5 Å². The largest absolute Gasteiger partial charge is 0.494 e.